The number of halogens is 3. The summed E-state index contributed by atoms with van der Waals surface area (Å²) < 4.78 is 40.5. The molecule has 7 aromatic carbocycles. The summed E-state index contributed by atoms with van der Waals surface area (Å²) in [4.78, 5) is 7.26. The molecule has 7 aromatic rings. The van der Waals surface area contributed by atoms with E-state index >= 15 is 0 Å². The minimum Gasteiger partial charge on any atom is -0.181 e. The zero-order valence-electron chi connectivity index (χ0n) is 21.7. The molecule has 7 rings (SSSR count). The molecule has 0 aliphatic rings. The normalized spacial score (nSPS) is 12.9. The predicted octanol–water partition coefficient (Wildman–Crippen LogP) is 8.64. The Morgan fingerprint density at radius 3 is 1.71 bits per heavy atom. The van der Waals surface area contributed by atoms with E-state index in [-0.39, 0.29) is 10.7 Å². The number of hydrogen-bond acceptors (Lipinski definition) is 3. The van der Waals surface area contributed by atoms with Crippen LogP contribution in [0.15, 0.2) is 113 Å². The second kappa shape index (κ2) is 9.40. The van der Waals surface area contributed by atoms with Crippen LogP contribution >= 0.6 is 0 Å². The van der Waals surface area contributed by atoms with Crippen molar-refractivity contribution in [3.05, 3.63) is 131 Å². The highest BCUT2D eigenvalue weighted by atomic mass is 19.4. The van der Waals surface area contributed by atoms with E-state index in [1.807, 2.05) is 48.5 Å². The molecule has 198 valence electrons. The van der Waals surface area contributed by atoms with Gasteiger partial charge in [0.2, 0.25) is 6.19 Å². The van der Waals surface area contributed by atoms with Crippen LogP contribution in [0.3, 0.4) is 0 Å². The van der Waals surface area contributed by atoms with Crippen molar-refractivity contribution < 1.29 is 13.2 Å². The van der Waals surface area contributed by atoms with Crippen LogP contribution in [0.5, 0.6) is 0 Å². The van der Waals surface area contributed by atoms with Crippen LogP contribution < -0.4 is 10.7 Å². The summed E-state index contributed by atoms with van der Waals surface area (Å²) >= 11 is 0. The van der Waals surface area contributed by atoms with Crippen molar-refractivity contribution in [1.29, 1.82) is 5.26 Å². The van der Waals surface area contributed by atoms with E-state index < -0.39 is 11.7 Å². The van der Waals surface area contributed by atoms with E-state index in [0.717, 1.165) is 50.5 Å². The van der Waals surface area contributed by atoms with Crippen molar-refractivity contribution >= 4 is 43.1 Å². The lowest BCUT2D eigenvalue weighted by Gasteiger charge is -2.06. The van der Waals surface area contributed by atoms with E-state index in [2.05, 4.69) is 51.4 Å². The lowest BCUT2D eigenvalue weighted by molar-refractivity contribution is -0.137. The van der Waals surface area contributed by atoms with Crippen LogP contribution in [-0.2, 0) is 6.18 Å². The lowest BCUT2D eigenvalue weighted by atomic mass is 9.99. The molecule has 42 heavy (non-hydrogen) atoms. The molecule has 0 heterocycles. The van der Waals surface area contributed by atoms with E-state index in [1.54, 1.807) is 6.19 Å². The molecule has 0 unspecified atom stereocenters. The van der Waals surface area contributed by atoms with Crippen LogP contribution in [0.1, 0.15) is 5.56 Å². The molecular weight excluding hydrogens is 533 g/mol. The third-order valence-corrected chi connectivity index (χ3v) is 7.76. The summed E-state index contributed by atoms with van der Waals surface area (Å²) in [5.41, 5.74) is 3.40. The summed E-state index contributed by atoms with van der Waals surface area (Å²) in [6.07, 6.45) is -2.78. The molecule has 0 amide bonds. The molecule has 0 aliphatic heterocycles. The fourth-order valence-corrected chi connectivity index (χ4v) is 5.85. The van der Waals surface area contributed by atoms with Gasteiger partial charge in [0.1, 0.15) is 0 Å². The monoisotopic (exact) mass is 550 g/mol. The van der Waals surface area contributed by atoms with Crippen LogP contribution in [0.25, 0.3) is 70.3 Å². The van der Waals surface area contributed by atoms with Gasteiger partial charge in [-0.2, -0.15) is 30.0 Å². The predicted molar refractivity (Wildman–Crippen MR) is 158 cm³/mol. The van der Waals surface area contributed by atoms with Gasteiger partial charge >= 0.3 is 6.18 Å². The fraction of sp³-hybridized carbons (Fsp3) is 0.0286. The molecule has 0 atom stereocenters. The zero-order chi connectivity index (χ0) is 29.0. The van der Waals surface area contributed by atoms with Crippen LogP contribution in [0.4, 0.5) is 13.2 Å². The highest BCUT2D eigenvalue weighted by Crippen LogP contribution is 2.37. The summed E-state index contributed by atoms with van der Waals surface area (Å²) in [7, 11) is 0. The third kappa shape index (κ3) is 3.91. The van der Waals surface area contributed by atoms with Gasteiger partial charge < -0.3 is 0 Å². The Morgan fingerprint density at radius 2 is 1.10 bits per heavy atom. The Labute approximate surface area is 237 Å². The van der Waals surface area contributed by atoms with Crippen molar-refractivity contribution in [3.63, 3.8) is 0 Å². The Kier molecular flexibility index (Phi) is 5.64. The van der Waals surface area contributed by atoms with Crippen molar-refractivity contribution in [2.45, 2.75) is 6.18 Å². The molecule has 0 saturated carbocycles. The second-order valence-electron chi connectivity index (χ2n) is 10.0. The molecule has 4 nitrogen and oxygen atoms in total. The molecule has 0 bridgehead atoms. The molecule has 0 N–H and O–H groups in total. The van der Waals surface area contributed by atoms with Crippen molar-refractivity contribution in [3.8, 4) is 28.4 Å². The minimum absolute atomic E-state index is 0.198. The summed E-state index contributed by atoms with van der Waals surface area (Å²) in [5, 5.41) is 19.4. The Bertz CT molecular complexity index is 2400. The fourth-order valence-electron chi connectivity index (χ4n) is 5.85. The van der Waals surface area contributed by atoms with E-state index in [4.69, 9.17) is 6.57 Å². The number of benzene rings is 5. The highest BCUT2D eigenvalue weighted by molar-refractivity contribution is 6.21. The smallest absolute Gasteiger partial charge is 0.181 e. The summed E-state index contributed by atoms with van der Waals surface area (Å²) in [6, 6.07) is 31.5. The summed E-state index contributed by atoms with van der Waals surface area (Å²) in [6.45, 7) is 7.49. The van der Waals surface area contributed by atoms with E-state index in [0.29, 0.717) is 26.9 Å². The summed E-state index contributed by atoms with van der Waals surface area (Å²) in [5.74, 6) is 0. The number of hydrogen-bond donors (Lipinski definition) is 0. The van der Waals surface area contributed by atoms with Gasteiger partial charge in [-0.15, -0.1) is 4.95 Å². The molecular formula is C35H17F3N4. The lowest BCUT2D eigenvalue weighted by Crippen LogP contribution is -2.06. The van der Waals surface area contributed by atoms with Crippen molar-refractivity contribution in [2.24, 2.45) is 10.1 Å². The number of alkyl halides is 3. The largest absolute Gasteiger partial charge is 0.416 e. The van der Waals surface area contributed by atoms with Crippen molar-refractivity contribution in [1.82, 2.24) is 0 Å². The molecule has 0 radical (unpaired) electrons. The quantitative estimate of drug-likeness (QED) is 0.121. The van der Waals surface area contributed by atoms with Gasteiger partial charge in [0.15, 0.2) is 5.36 Å². The van der Waals surface area contributed by atoms with Gasteiger partial charge in [0.05, 0.1) is 16.0 Å². The molecule has 0 fully saturated rings. The van der Waals surface area contributed by atoms with Gasteiger partial charge in [-0.1, -0.05) is 72.8 Å². The van der Waals surface area contributed by atoms with Gasteiger partial charge in [-0.3, -0.25) is 0 Å². The molecule has 0 saturated heterocycles. The number of fused-ring (bicyclic) bond motifs is 6. The van der Waals surface area contributed by atoms with Gasteiger partial charge in [0.25, 0.3) is 0 Å². The molecule has 0 aliphatic carbocycles. The zero-order valence-corrected chi connectivity index (χ0v) is 21.7. The minimum atomic E-state index is -4.53. The molecule has 0 aromatic heterocycles. The van der Waals surface area contributed by atoms with Crippen molar-refractivity contribution in [2.75, 3.05) is 0 Å². The number of rotatable bonds is 2. The van der Waals surface area contributed by atoms with Crippen LogP contribution in [-0.4, -0.2) is 0 Å². The maximum absolute atomic E-state index is 13.5. The van der Waals surface area contributed by atoms with E-state index in [1.165, 1.54) is 6.07 Å². The maximum atomic E-state index is 13.5. The van der Waals surface area contributed by atoms with Crippen LogP contribution in [0, 0.1) is 18.0 Å². The van der Waals surface area contributed by atoms with Gasteiger partial charge in [-0.25, -0.2) is 0 Å². The molecule has 0 spiro atoms. The highest BCUT2D eigenvalue weighted by Gasteiger charge is 2.31. The SMILES string of the molecule is [C-]#[N+]N=c1c2cc(-c3ccc(-c4ccccc4)cc3)ccc2c2cc3c(=NC#N)c4cc(C(F)(F)F)ccc4c3cc12. The third-order valence-electron chi connectivity index (χ3n) is 7.76. The van der Waals surface area contributed by atoms with E-state index in [9.17, 15) is 18.4 Å². The second-order valence-corrected chi connectivity index (χ2v) is 10.0. The number of nitriles is 1. The average molecular weight is 551 g/mol. The first-order valence-corrected chi connectivity index (χ1v) is 13.0. The number of nitrogens with zero attached hydrogens (tertiary/aromatic N) is 4. The average Bonchev–Trinajstić information content (AvgIpc) is 3.47. The Balaban J connectivity index is 1.47. The first-order valence-electron chi connectivity index (χ1n) is 13.0. The first kappa shape index (κ1) is 25.2. The topological polar surface area (TPSA) is 52.9 Å². The van der Waals surface area contributed by atoms with Gasteiger partial charge in [0, 0.05) is 21.5 Å². The Hall–Kier alpha value is -5.79. The standard InChI is InChI=1S/C35H17F3N4/c1-40-42-34-29-15-23(22-9-7-21(8-10-22)20-5-3-2-4-6-20)11-13-25(29)28-17-31-27(18-32(28)34)26-14-12-24(35(36,37)38)16-30(26)33(31)41-19-39/h2-18H. The maximum Gasteiger partial charge on any atom is 0.416 e. The first-order chi connectivity index (χ1) is 20.4. The van der Waals surface area contributed by atoms with Gasteiger partial charge in [-0.05, 0) is 74.1 Å². The van der Waals surface area contributed by atoms with Crippen LogP contribution in [0.2, 0.25) is 0 Å². The Morgan fingerprint density at radius 1 is 0.571 bits per heavy atom. The molecule has 7 heteroatoms.